The van der Waals surface area contributed by atoms with E-state index >= 15 is 0 Å². The molecule has 1 rings (SSSR count). The molecule has 1 aromatic carbocycles. The number of carbonyl (C=O) groups is 1. The molecule has 0 aliphatic carbocycles. The lowest BCUT2D eigenvalue weighted by molar-refractivity contribution is 0.0965. The Morgan fingerprint density at radius 2 is 1.54 bits per heavy atom. The van der Waals surface area contributed by atoms with Crippen molar-refractivity contribution in [2.75, 3.05) is 0 Å². The minimum Gasteiger partial charge on any atom is -0.288 e. The van der Waals surface area contributed by atoms with Crippen LogP contribution in [-0.4, -0.2) is 21.5 Å². The second-order valence-corrected chi connectivity index (χ2v) is 9.94. The van der Waals surface area contributed by atoms with Crippen LogP contribution in [-0.2, 0) is 10.9 Å². The monoisotopic (exact) mass is 349 g/mol. The fourth-order valence-corrected chi connectivity index (χ4v) is 7.66. The molecule has 2 heteroatoms. The van der Waals surface area contributed by atoms with E-state index in [1.807, 2.05) is 30.3 Å². The van der Waals surface area contributed by atoms with Crippen molar-refractivity contribution in [1.29, 1.82) is 0 Å². The molecule has 3 unspecified atom stereocenters. The van der Waals surface area contributed by atoms with Crippen molar-refractivity contribution in [3.63, 3.8) is 0 Å². The zero-order valence-corrected chi connectivity index (χ0v) is 17.4. The van der Waals surface area contributed by atoms with Gasteiger partial charge in [-0.1, -0.05) is 64.4 Å². The van der Waals surface area contributed by atoms with E-state index in [1.54, 1.807) is 0 Å². The zero-order chi connectivity index (χ0) is 18.1. The molecule has 3 atom stereocenters. The summed E-state index contributed by atoms with van der Waals surface area (Å²) in [5.41, 5.74) is 0.902. The summed E-state index contributed by atoms with van der Waals surface area (Å²) in [6.45, 7) is 13.7. The average molecular weight is 350 g/mol. The summed E-state index contributed by atoms with van der Waals surface area (Å²) in [5, 5.41) is 1.42. The highest BCUT2D eigenvalue weighted by molar-refractivity contribution is 7.99. The van der Waals surface area contributed by atoms with Crippen LogP contribution >= 0.6 is 0 Å². The molecule has 0 bridgehead atoms. The van der Waals surface area contributed by atoms with E-state index < -0.39 is 0 Å². The van der Waals surface area contributed by atoms with Gasteiger partial charge in [0.05, 0.1) is 0 Å². The number of ketones is 1. The highest BCUT2D eigenvalue weighted by atomic mass is 32.2. The predicted octanol–water partition coefficient (Wildman–Crippen LogP) is 6.28. The van der Waals surface area contributed by atoms with Gasteiger partial charge in [-0.25, -0.2) is 0 Å². The molecule has 24 heavy (non-hydrogen) atoms. The molecule has 0 amide bonds. The number of hydrogen-bond donors (Lipinski definition) is 0. The molecular formula is C22H37OS+. The Hall–Kier alpha value is -0.760. The Morgan fingerprint density at radius 3 is 1.96 bits per heavy atom. The van der Waals surface area contributed by atoms with Crippen molar-refractivity contribution in [3.05, 3.63) is 35.9 Å². The highest BCUT2D eigenvalue weighted by Gasteiger charge is 2.47. The first-order valence-electron chi connectivity index (χ1n) is 9.81. The van der Waals surface area contributed by atoms with Crippen LogP contribution in [0.15, 0.2) is 30.3 Å². The fraction of sp³-hybridized carbons (Fsp3) is 0.682. The van der Waals surface area contributed by atoms with Gasteiger partial charge in [-0.05, 0) is 39.5 Å². The first kappa shape index (κ1) is 21.3. The van der Waals surface area contributed by atoms with E-state index in [0.717, 1.165) is 18.4 Å². The maximum Gasteiger partial charge on any atom is 0.215 e. The third-order valence-corrected chi connectivity index (χ3v) is 8.69. The SMILES string of the molecule is CCCC(CC)[S+](C(C)C)C(C(=O)c1ccccc1)C(CC)CC. The van der Waals surface area contributed by atoms with E-state index in [2.05, 4.69) is 41.5 Å². The van der Waals surface area contributed by atoms with Gasteiger partial charge in [-0.3, -0.25) is 4.79 Å². The Kier molecular flexibility index (Phi) is 9.73. The van der Waals surface area contributed by atoms with E-state index in [-0.39, 0.29) is 16.1 Å². The molecule has 0 N–H and O–H groups in total. The van der Waals surface area contributed by atoms with Gasteiger partial charge in [0.15, 0.2) is 5.25 Å². The fourth-order valence-electron chi connectivity index (χ4n) is 3.78. The van der Waals surface area contributed by atoms with Crippen LogP contribution < -0.4 is 0 Å². The maximum absolute atomic E-state index is 13.5. The summed E-state index contributed by atoms with van der Waals surface area (Å²) in [5.74, 6) is 0.880. The Labute approximate surface area is 153 Å². The third kappa shape index (κ3) is 5.37. The summed E-state index contributed by atoms with van der Waals surface area (Å²) in [6, 6.07) is 9.99. The van der Waals surface area contributed by atoms with Crippen molar-refractivity contribution < 1.29 is 4.79 Å². The largest absolute Gasteiger partial charge is 0.288 e. The lowest BCUT2D eigenvalue weighted by Crippen LogP contribution is -2.46. The second kappa shape index (κ2) is 11.0. The van der Waals surface area contributed by atoms with Gasteiger partial charge in [0.2, 0.25) is 5.78 Å². The Morgan fingerprint density at radius 1 is 0.958 bits per heavy atom. The predicted molar refractivity (Wildman–Crippen MR) is 110 cm³/mol. The average Bonchev–Trinajstić information content (AvgIpc) is 2.60. The van der Waals surface area contributed by atoms with Crippen LogP contribution in [0.1, 0.15) is 84.0 Å². The molecule has 0 aromatic heterocycles. The smallest absolute Gasteiger partial charge is 0.215 e. The molecule has 0 heterocycles. The van der Waals surface area contributed by atoms with Gasteiger partial charge in [-0.2, -0.15) is 0 Å². The number of rotatable bonds is 11. The van der Waals surface area contributed by atoms with E-state index in [0.29, 0.717) is 22.2 Å². The summed E-state index contributed by atoms with van der Waals surface area (Å²) >= 11 is 0. The molecular weight excluding hydrogens is 312 g/mol. The standard InChI is InChI=1S/C22H37OS/c1-7-14-20(10-4)24(17(5)6)22(18(8-2)9-3)21(23)19-15-12-11-13-16-19/h11-13,15-18,20,22H,7-10,14H2,1-6H3/q+1. The van der Waals surface area contributed by atoms with E-state index in [4.69, 9.17) is 0 Å². The summed E-state index contributed by atoms with van der Waals surface area (Å²) in [6.07, 6.45) is 5.84. The van der Waals surface area contributed by atoms with E-state index in [1.165, 1.54) is 19.3 Å². The van der Waals surface area contributed by atoms with Crippen LogP contribution in [0.2, 0.25) is 0 Å². The van der Waals surface area contributed by atoms with Crippen LogP contribution in [0, 0.1) is 5.92 Å². The Balaban J connectivity index is 3.29. The van der Waals surface area contributed by atoms with Gasteiger partial charge in [0, 0.05) is 22.4 Å². The van der Waals surface area contributed by atoms with Crippen molar-refractivity contribution in [1.82, 2.24) is 0 Å². The van der Waals surface area contributed by atoms with Gasteiger partial charge < -0.3 is 0 Å². The normalized spacial score (nSPS) is 15.5. The minimum absolute atomic E-state index is 0.138. The maximum atomic E-state index is 13.5. The number of carbonyl (C=O) groups excluding carboxylic acids is 1. The summed E-state index contributed by atoms with van der Waals surface area (Å²) in [4.78, 5) is 13.5. The zero-order valence-electron chi connectivity index (χ0n) is 16.5. The second-order valence-electron chi connectivity index (χ2n) is 7.00. The minimum atomic E-state index is 0.138. The summed E-state index contributed by atoms with van der Waals surface area (Å²) in [7, 11) is 0.138. The van der Waals surface area contributed by atoms with Crippen molar-refractivity contribution >= 4 is 16.7 Å². The number of hydrogen-bond acceptors (Lipinski definition) is 1. The summed E-state index contributed by atoms with van der Waals surface area (Å²) < 4.78 is 0. The van der Waals surface area contributed by atoms with Crippen LogP contribution in [0.25, 0.3) is 0 Å². The van der Waals surface area contributed by atoms with Crippen LogP contribution in [0.4, 0.5) is 0 Å². The molecule has 0 aliphatic rings. The topological polar surface area (TPSA) is 17.1 Å². The lowest BCUT2D eigenvalue weighted by atomic mass is 9.93. The molecule has 0 saturated carbocycles. The Bertz CT molecular complexity index is 464. The molecule has 136 valence electrons. The number of benzene rings is 1. The third-order valence-electron chi connectivity index (χ3n) is 5.08. The van der Waals surface area contributed by atoms with Crippen LogP contribution in [0.3, 0.4) is 0 Å². The van der Waals surface area contributed by atoms with Crippen molar-refractivity contribution in [3.8, 4) is 0 Å². The number of Topliss-reactive ketones (excluding diaryl/α,β-unsaturated/α-hetero) is 1. The lowest BCUT2D eigenvalue weighted by Gasteiger charge is -2.31. The first-order valence-corrected chi connectivity index (χ1v) is 11.2. The molecule has 0 spiro atoms. The van der Waals surface area contributed by atoms with Crippen LogP contribution in [0.5, 0.6) is 0 Å². The molecule has 0 saturated heterocycles. The molecule has 1 aromatic rings. The quantitative estimate of drug-likeness (QED) is 0.339. The van der Waals surface area contributed by atoms with E-state index in [9.17, 15) is 4.79 Å². The molecule has 0 radical (unpaired) electrons. The van der Waals surface area contributed by atoms with Crippen molar-refractivity contribution in [2.45, 2.75) is 89.4 Å². The highest BCUT2D eigenvalue weighted by Crippen LogP contribution is 2.33. The van der Waals surface area contributed by atoms with Gasteiger partial charge >= 0.3 is 0 Å². The van der Waals surface area contributed by atoms with Gasteiger partial charge in [0.1, 0.15) is 10.5 Å². The molecule has 1 nitrogen and oxygen atoms in total. The first-order chi connectivity index (χ1) is 11.5. The van der Waals surface area contributed by atoms with Crippen molar-refractivity contribution in [2.24, 2.45) is 5.92 Å². The van der Waals surface area contributed by atoms with Gasteiger partial charge in [-0.15, -0.1) is 0 Å². The molecule has 0 aliphatic heterocycles. The molecule has 0 fully saturated rings. The van der Waals surface area contributed by atoms with Gasteiger partial charge in [0.25, 0.3) is 0 Å².